The van der Waals surface area contributed by atoms with Gasteiger partial charge in [-0.3, -0.25) is 24.5 Å². The van der Waals surface area contributed by atoms with E-state index in [1.165, 1.54) is 0 Å². The number of benzene rings is 1. The maximum absolute atomic E-state index is 12.8. The molecule has 0 spiro atoms. The number of amides is 4. The van der Waals surface area contributed by atoms with Gasteiger partial charge in [0, 0.05) is 6.42 Å². The van der Waals surface area contributed by atoms with E-state index in [0.717, 1.165) is 0 Å². The maximum atomic E-state index is 12.8. The summed E-state index contributed by atoms with van der Waals surface area (Å²) < 4.78 is 5.12. The van der Waals surface area contributed by atoms with Gasteiger partial charge >= 0.3 is 6.09 Å². The molecule has 3 N–H and O–H groups in total. The van der Waals surface area contributed by atoms with E-state index >= 15 is 0 Å². The molecule has 0 saturated carbocycles. The zero-order valence-corrected chi connectivity index (χ0v) is 18.1. The molecule has 9 nitrogen and oxygen atoms in total. The van der Waals surface area contributed by atoms with Gasteiger partial charge in [0.15, 0.2) is 5.78 Å². The highest BCUT2D eigenvalue weighted by Crippen LogP contribution is 2.20. The number of hydrogen-bond acceptors (Lipinski definition) is 6. The second kappa shape index (κ2) is 10.7. The van der Waals surface area contributed by atoms with Gasteiger partial charge in [-0.2, -0.15) is 0 Å². The molecule has 0 aliphatic carbocycles. The molecule has 9 heteroatoms. The molecule has 3 atom stereocenters. The van der Waals surface area contributed by atoms with Gasteiger partial charge in [0.2, 0.25) is 17.7 Å². The number of ether oxygens (including phenoxy) is 1. The van der Waals surface area contributed by atoms with Gasteiger partial charge in [-0.1, -0.05) is 44.2 Å². The minimum absolute atomic E-state index is 0.135. The lowest BCUT2D eigenvalue weighted by molar-refractivity contribution is -0.136. The number of hydrogen-bond donors (Lipinski definition) is 3. The third-order valence-electron chi connectivity index (χ3n) is 4.83. The molecule has 1 heterocycles. The summed E-state index contributed by atoms with van der Waals surface area (Å²) in [6.07, 6.45) is -1.34. The average molecular weight is 431 g/mol. The van der Waals surface area contributed by atoms with Crippen LogP contribution in [0.2, 0.25) is 0 Å². The number of ketones is 1. The Balaban J connectivity index is 2.11. The van der Waals surface area contributed by atoms with Crippen molar-refractivity contribution in [3.63, 3.8) is 0 Å². The lowest BCUT2D eigenvalue weighted by atomic mass is 9.89. The van der Waals surface area contributed by atoms with Crippen molar-refractivity contribution in [2.75, 3.05) is 0 Å². The minimum atomic E-state index is -1.11. The van der Waals surface area contributed by atoms with Gasteiger partial charge in [0.05, 0.1) is 24.6 Å². The van der Waals surface area contributed by atoms with E-state index in [1.54, 1.807) is 52.0 Å². The van der Waals surface area contributed by atoms with Crippen molar-refractivity contribution in [3.05, 3.63) is 35.9 Å². The molecule has 0 radical (unpaired) electrons. The fourth-order valence-corrected chi connectivity index (χ4v) is 3.31. The summed E-state index contributed by atoms with van der Waals surface area (Å²) in [4.78, 5) is 61.0. The first kappa shape index (κ1) is 24.0. The highest BCUT2D eigenvalue weighted by molar-refractivity contribution is 6.15. The van der Waals surface area contributed by atoms with Crippen LogP contribution in [0.15, 0.2) is 30.3 Å². The molecule has 0 aromatic heterocycles. The molecule has 31 heavy (non-hydrogen) atoms. The largest absolute Gasteiger partial charge is 0.447 e. The molecular formula is C22H29N3O6. The SMILES string of the molecule is CC(C)OC(=O)N[C@@H](CC(=O)NC(C(=O)C1CC(=O)NC1=O)C(C)C)c1ccccc1. The number of Topliss-reactive ketones (excluding diaryl/α,β-unsaturated/α-hetero) is 1. The normalized spacial score (nSPS) is 17.8. The van der Waals surface area contributed by atoms with Crippen LogP contribution in [0.1, 0.15) is 52.1 Å². The Labute approximate surface area is 181 Å². The molecule has 1 aromatic carbocycles. The molecule has 2 rings (SSSR count). The number of nitrogens with one attached hydrogen (secondary N) is 3. The van der Waals surface area contributed by atoms with Crippen LogP contribution in [-0.4, -0.2) is 41.7 Å². The zero-order valence-electron chi connectivity index (χ0n) is 18.1. The van der Waals surface area contributed by atoms with Crippen molar-refractivity contribution in [2.24, 2.45) is 11.8 Å². The molecule has 168 valence electrons. The lowest BCUT2D eigenvalue weighted by Gasteiger charge is -2.25. The van der Waals surface area contributed by atoms with Crippen LogP contribution >= 0.6 is 0 Å². The zero-order chi connectivity index (χ0) is 23.1. The highest BCUT2D eigenvalue weighted by atomic mass is 16.6. The van der Waals surface area contributed by atoms with Crippen LogP contribution in [0.3, 0.4) is 0 Å². The van der Waals surface area contributed by atoms with Gasteiger partial charge in [-0.05, 0) is 25.3 Å². The van der Waals surface area contributed by atoms with Crippen molar-refractivity contribution < 1.29 is 28.7 Å². The molecule has 1 aromatic rings. The van der Waals surface area contributed by atoms with Crippen LogP contribution in [0, 0.1) is 11.8 Å². The molecule has 2 unspecified atom stereocenters. The summed E-state index contributed by atoms with van der Waals surface area (Å²) >= 11 is 0. The van der Waals surface area contributed by atoms with Crippen molar-refractivity contribution in [3.8, 4) is 0 Å². The van der Waals surface area contributed by atoms with Gasteiger partial charge in [-0.25, -0.2) is 4.79 Å². The number of carbonyl (C=O) groups excluding carboxylic acids is 5. The van der Waals surface area contributed by atoms with E-state index in [0.29, 0.717) is 5.56 Å². The minimum Gasteiger partial charge on any atom is -0.447 e. The Morgan fingerprint density at radius 3 is 2.23 bits per heavy atom. The third-order valence-corrected chi connectivity index (χ3v) is 4.83. The Kier molecular flexibility index (Phi) is 8.30. The highest BCUT2D eigenvalue weighted by Gasteiger charge is 2.41. The first-order chi connectivity index (χ1) is 14.6. The summed E-state index contributed by atoms with van der Waals surface area (Å²) in [6.45, 7) is 6.91. The van der Waals surface area contributed by atoms with E-state index in [2.05, 4.69) is 16.0 Å². The van der Waals surface area contributed by atoms with Gasteiger partial charge < -0.3 is 15.4 Å². The van der Waals surface area contributed by atoms with Gasteiger partial charge in [-0.15, -0.1) is 0 Å². The Morgan fingerprint density at radius 1 is 1.06 bits per heavy atom. The molecule has 1 fully saturated rings. The average Bonchev–Trinajstić information content (AvgIpc) is 3.03. The quantitative estimate of drug-likeness (QED) is 0.402. The van der Waals surface area contributed by atoms with E-state index in [4.69, 9.17) is 4.74 Å². The Hall–Kier alpha value is -3.23. The van der Waals surface area contributed by atoms with Gasteiger partial charge in [0.1, 0.15) is 5.92 Å². The molecule has 0 bridgehead atoms. The van der Waals surface area contributed by atoms with Crippen LogP contribution in [-0.2, 0) is 23.9 Å². The van der Waals surface area contributed by atoms with Crippen molar-refractivity contribution >= 4 is 29.6 Å². The number of alkyl carbamates (subject to hydrolysis) is 1. The molecular weight excluding hydrogens is 402 g/mol. The number of imide groups is 1. The van der Waals surface area contributed by atoms with E-state index < -0.39 is 47.6 Å². The predicted octanol–water partition coefficient (Wildman–Crippen LogP) is 1.62. The fraction of sp³-hybridized carbons (Fsp3) is 0.500. The molecule has 1 aliphatic heterocycles. The van der Waals surface area contributed by atoms with Crippen molar-refractivity contribution in [2.45, 2.75) is 58.7 Å². The monoisotopic (exact) mass is 431 g/mol. The first-order valence-corrected chi connectivity index (χ1v) is 10.3. The van der Waals surface area contributed by atoms with Crippen molar-refractivity contribution in [1.82, 2.24) is 16.0 Å². The second-order valence-electron chi connectivity index (χ2n) is 8.13. The summed E-state index contributed by atoms with van der Waals surface area (Å²) in [5.41, 5.74) is 0.701. The smallest absolute Gasteiger partial charge is 0.407 e. The van der Waals surface area contributed by atoms with E-state index in [1.807, 2.05) is 6.07 Å². The molecule has 1 saturated heterocycles. The molecule has 4 amide bonds. The van der Waals surface area contributed by atoms with E-state index in [9.17, 15) is 24.0 Å². The van der Waals surface area contributed by atoms with Gasteiger partial charge in [0.25, 0.3) is 0 Å². The summed E-state index contributed by atoms with van der Waals surface area (Å²) in [6, 6.07) is 7.31. The van der Waals surface area contributed by atoms with Crippen LogP contribution < -0.4 is 16.0 Å². The van der Waals surface area contributed by atoms with E-state index in [-0.39, 0.29) is 24.9 Å². The topological polar surface area (TPSA) is 131 Å². The Morgan fingerprint density at radius 2 is 1.71 bits per heavy atom. The number of rotatable bonds is 9. The maximum Gasteiger partial charge on any atom is 0.407 e. The lowest BCUT2D eigenvalue weighted by Crippen LogP contribution is -2.49. The third kappa shape index (κ3) is 6.91. The summed E-state index contributed by atoms with van der Waals surface area (Å²) in [5.74, 6) is -3.53. The predicted molar refractivity (Wildman–Crippen MR) is 112 cm³/mol. The van der Waals surface area contributed by atoms with Crippen LogP contribution in [0.25, 0.3) is 0 Å². The second-order valence-corrected chi connectivity index (χ2v) is 8.13. The fourth-order valence-electron chi connectivity index (χ4n) is 3.31. The summed E-state index contributed by atoms with van der Waals surface area (Å²) in [5, 5.41) is 7.46. The van der Waals surface area contributed by atoms with Crippen molar-refractivity contribution in [1.29, 1.82) is 0 Å². The van der Waals surface area contributed by atoms with Crippen LogP contribution in [0.5, 0.6) is 0 Å². The first-order valence-electron chi connectivity index (χ1n) is 10.3. The molecule has 1 aliphatic rings. The van der Waals surface area contributed by atoms with Crippen LogP contribution in [0.4, 0.5) is 4.79 Å². The standard InChI is InChI=1S/C22H29N3O6/c1-12(2)19(20(28)15-10-17(26)25-21(15)29)24-18(27)11-16(14-8-6-5-7-9-14)23-22(30)31-13(3)4/h5-9,12-13,15-16,19H,10-11H2,1-4H3,(H,23,30)(H,24,27)(H,25,26,29)/t15?,16-,19?/m0/s1. The summed E-state index contributed by atoms with van der Waals surface area (Å²) in [7, 11) is 0. The Bertz CT molecular complexity index is 837. The number of carbonyl (C=O) groups is 5.